The summed E-state index contributed by atoms with van der Waals surface area (Å²) in [7, 11) is 0. The van der Waals surface area contributed by atoms with E-state index in [4.69, 9.17) is 5.53 Å². The molecule has 2 N–H and O–H groups in total. The van der Waals surface area contributed by atoms with Crippen LogP contribution in [0.15, 0.2) is 29.5 Å². The molecule has 0 heterocycles. The summed E-state index contributed by atoms with van der Waals surface area (Å²) < 4.78 is 12.3. The Morgan fingerprint density at radius 1 is 1.36 bits per heavy atom. The number of nitrogens with one attached hydrogen (secondary N) is 2. The van der Waals surface area contributed by atoms with E-state index in [2.05, 4.69) is 10.6 Å². The van der Waals surface area contributed by atoms with Gasteiger partial charge in [-0.3, -0.25) is 5.43 Å². The van der Waals surface area contributed by atoms with Crippen LogP contribution >= 0.6 is 0 Å². The van der Waals surface area contributed by atoms with E-state index in [1.54, 1.807) is 12.1 Å². The molecule has 0 atom stereocenters. The lowest BCUT2D eigenvalue weighted by molar-refractivity contribution is 0.624. The smallest absolute Gasteiger partial charge is 0.123 e. The quantitative estimate of drug-likeness (QED) is 0.505. The average molecular weight is 153 g/mol. The molecular weight excluding hydrogens is 145 g/mol. The van der Waals surface area contributed by atoms with Gasteiger partial charge in [-0.2, -0.15) is 5.53 Å². The van der Waals surface area contributed by atoms with Crippen LogP contribution in [-0.4, -0.2) is 0 Å². The topological polar surface area (TPSA) is 48.2 Å². The maximum Gasteiger partial charge on any atom is 0.123 e. The molecule has 0 aromatic heterocycles. The highest BCUT2D eigenvalue weighted by Gasteiger charge is 1.90. The largest absolute Gasteiger partial charge is 0.288 e. The molecule has 0 amide bonds. The lowest BCUT2D eigenvalue weighted by Crippen LogP contribution is -2.02. The molecule has 11 heavy (non-hydrogen) atoms. The molecule has 1 aromatic rings. The summed E-state index contributed by atoms with van der Waals surface area (Å²) in [5.41, 5.74) is 9.79. The first kappa shape index (κ1) is 7.65. The van der Waals surface area contributed by atoms with E-state index < -0.39 is 0 Å². The minimum atomic E-state index is -0.253. The molecule has 0 aliphatic carbocycles. The Bertz CT molecular complexity index is 232. The Morgan fingerprint density at radius 3 is 2.55 bits per heavy atom. The Labute approximate surface area is 63.7 Å². The summed E-state index contributed by atoms with van der Waals surface area (Å²) in [5, 5.41) is 2.96. The fourth-order valence-electron chi connectivity index (χ4n) is 0.733. The summed E-state index contributed by atoms with van der Waals surface area (Å²) in [4.78, 5) is 0. The van der Waals surface area contributed by atoms with Gasteiger partial charge in [-0.1, -0.05) is 17.4 Å². The predicted molar refractivity (Wildman–Crippen MR) is 38.4 cm³/mol. The van der Waals surface area contributed by atoms with Crippen LogP contribution in [0.1, 0.15) is 5.56 Å². The number of rotatable bonds is 3. The molecule has 3 nitrogen and oxygen atoms in total. The molecule has 0 radical (unpaired) electrons. The Hall–Kier alpha value is -1.45. The molecule has 0 fully saturated rings. The highest BCUT2D eigenvalue weighted by atomic mass is 19.1. The van der Waals surface area contributed by atoms with Crippen molar-refractivity contribution in [1.82, 2.24) is 5.43 Å². The normalized spacial score (nSPS) is 9.18. The summed E-state index contributed by atoms with van der Waals surface area (Å²) >= 11 is 0. The summed E-state index contributed by atoms with van der Waals surface area (Å²) in [5.74, 6) is -0.253. The minimum absolute atomic E-state index is 0.253. The third-order valence-corrected chi connectivity index (χ3v) is 1.28. The van der Waals surface area contributed by atoms with Crippen molar-refractivity contribution in [1.29, 1.82) is 5.53 Å². The molecule has 4 heteroatoms. The van der Waals surface area contributed by atoms with Crippen molar-refractivity contribution in [3.63, 3.8) is 0 Å². The van der Waals surface area contributed by atoms with Crippen LogP contribution in [0.2, 0.25) is 0 Å². The molecule has 1 rings (SSSR count). The number of halogens is 1. The van der Waals surface area contributed by atoms with E-state index >= 15 is 0 Å². The first-order chi connectivity index (χ1) is 5.33. The van der Waals surface area contributed by atoms with Gasteiger partial charge in [-0.25, -0.2) is 4.39 Å². The zero-order valence-electron chi connectivity index (χ0n) is 5.84. The maximum absolute atomic E-state index is 12.3. The van der Waals surface area contributed by atoms with Crippen molar-refractivity contribution in [2.75, 3.05) is 0 Å². The second kappa shape index (κ2) is 3.65. The average Bonchev–Trinajstić information content (AvgIpc) is 2.04. The van der Waals surface area contributed by atoms with Gasteiger partial charge in [0.25, 0.3) is 0 Å². The number of hydrogen-bond acceptors (Lipinski definition) is 2. The van der Waals surface area contributed by atoms with Crippen LogP contribution in [0, 0.1) is 11.3 Å². The summed E-state index contributed by atoms with van der Waals surface area (Å²) in [6.07, 6.45) is 0. The van der Waals surface area contributed by atoms with E-state index in [9.17, 15) is 4.39 Å². The van der Waals surface area contributed by atoms with Crippen LogP contribution in [0.3, 0.4) is 0 Å². The van der Waals surface area contributed by atoms with Crippen LogP contribution < -0.4 is 5.43 Å². The van der Waals surface area contributed by atoms with Crippen LogP contribution in [0.5, 0.6) is 0 Å². The van der Waals surface area contributed by atoms with Crippen LogP contribution in [0.25, 0.3) is 0 Å². The van der Waals surface area contributed by atoms with Gasteiger partial charge >= 0.3 is 0 Å². The maximum atomic E-state index is 12.3. The molecule has 0 unspecified atom stereocenters. The standard InChI is InChI=1S/C7H8FN3/c8-7-3-1-6(2-4-7)5-10-11-9/h1-4H,5H2,(H2,9,10). The third kappa shape index (κ3) is 2.33. The van der Waals surface area contributed by atoms with Gasteiger partial charge < -0.3 is 0 Å². The van der Waals surface area contributed by atoms with E-state index in [0.29, 0.717) is 6.54 Å². The van der Waals surface area contributed by atoms with E-state index in [1.807, 2.05) is 0 Å². The zero-order chi connectivity index (χ0) is 8.10. The van der Waals surface area contributed by atoms with Gasteiger partial charge in [0.05, 0.1) is 6.54 Å². The molecule has 0 aliphatic heterocycles. The van der Waals surface area contributed by atoms with Gasteiger partial charge in [0.2, 0.25) is 0 Å². The monoisotopic (exact) mass is 153 g/mol. The van der Waals surface area contributed by atoms with Crippen molar-refractivity contribution in [2.45, 2.75) is 6.54 Å². The van der Waals surface area contributed by atoms with E-state index in [-0.39, 0.29) is 5.82 Å². The number of hydrogen-bond donors (Lipinski definition) is 2. The molecular formula is C7H8FN3. The van der Waals surface area contributed by atoms with Crippen molar-refractivity contribution in [2.24, 2.45) is 5.22 Å². The fourth-order valence-corrected chi connectivity index (χ4v) is 0.733. The summed E-state index contributed by atoms with van der Waals surface area (Å²) in [6, 6.07) is 6.04. The Morgan fingerprint density at radius 2 is 2.00 bits per heavy atom. The highest BCUT2D eigenvalue weighted by Crippen LogP contribution is 2.01. The van der Waals surface area contributed by atoms with Crippen molar-refractivity contribution < 1.29 is 4.39 Å². The number of benzene rings is 1. The first-order valence-electron chi connectivity index (χ1n) is 3.16. The molecule has 1 aromatic carbocycles. The van der Waals surface area contributed by atoms with Gasteiger partial charge in [-0.15, -0.1) is 0 Å². The molecule has 0 bridgehead atoms. The lowest BCUT2D eigenvalue weighted by atomic mass is 10.2. The predicted octanol–water partition coefficient (Wildman–Crippen LogP) is 1.86. The van der Waals surface area contributed by atoms with Gasteiger partial charge in [-0.05, 0) is 17.7 Å². The molecule has 58 valence electrons. The minimum Gasteiger partial charge on any atom is -0.288 e. The number of nitrogens with zero attached hydrogens (tertiary/aromatic N) is 1. The van der Waals surface area contributed by atoms with Crippen molar-refractivity contribution in [3.8, 4) is 0 Å². The van der Waals surface area contributed by atoms with Gasteiger partial charge in [0.1, 0.15) is 5.82 Å². The van der Waals surface area contributed by atoms with E-state index in [0.717, 1.165) is 5.56 Å². The van der Waals surface area contributed by atoms with Crippen LogP contribution in [-0.2, 0) is 6.54 Å². The lowest BCUT2D eigenvalue weighted by Gasteiger charge is -1.97. The van der Waals surface area contributed by atoms with Crippen molar-refractivity contribution in [3.05, 3.63) is 35.6 Å². The molecule has 0 aliphatic rings. The second-order valence-electron chi connectivity index (χ2n) is 2.07. The van der Waals surface area contributed by atoms with Crippen LogP contribution in [0.4, 0.5) is 4.39 Å². The zero-order valence-corrected chi connectivity index (χ0v) is 5.84. The van der Waals surface area contributed by atoms with Gasteiger partial charge in [0.15, 0.2) is 0 Å². The van der Waals surface area contributed by atoms with Crippen molar-refractivity contribution >= 4 is 0 Å². The summed E-state index contributed by atoms with van der Waals surface area (Å²) in [6.45, 7) is 0.462. The first-order valence-corrected chi connectivity index (χ1v) is 3.16. The molecule has 0 saturated carbocycles. The fraction of sp³-hybridized carbons (Fsp3) is 0.143. The SMILES string of the molecule is N=NNCc1ccc(F)cc1. The van der Waals surface area contributed by atoms with E-state index in [1.165, 1.54) is 12.1 Å². The third-order valence-electron chi connectivity index (χ3n) is 1.28. The molecule has 0 saturated heterocycles. The highest BCUT2D eigenvalue weighted by molar-refractivity contribution is 5.15. The van der Waals surface area contributed by atoms with Gasteiger partial charge in [0, 0.05) is 0 Å². The molecule has 0 spiro atoms. The second-order valence-corrected chi connectivity index (χ2v) is 2.07. The Balaban J connectivity index is 2.58. The Kier molecular flexibility index (Phi) is 2.54.